The Morgan fingerprint density at radius 2 is 1.85 bits per heavy atom. The highest BCUT2D eigenvalue weighted by Gasteiger charge is 2.15. The molecule has 0 saturated carbocycles. The first kappa shape index (κ1) is 19.8. The molecule has 0 atom stereocenters. The van der Waals surface area contributed by atoms with Gasteiger partial charge in [0.25, 0.3) is 0 Å². The SMILES string of the molecule is CCOC(=O)CC(=O)Nc1ccc(Cl)c(C#Cc2ccccc2Cl)c1F. The zero-order valence-corrected chi connectivity index (χ0v) is 15.2. The molecule has 0 radical (unpaired) electrons. The molecule has 1 amide bonds. The quantitative estimate of drug-likeness (QED) is 0.475. The highest BCUT2D eigenvalue weighted by molar-refractivity contribution is 6.32. The van der Waals surface area contributed by atoms with E-state index in [1.54, 1.807) is 31.2 Å². The Balaban J connectivity index is 2.25. The van der Waals surface area contributed by atoms with Gasteiger partial charge in [-0.25, -0.2) is 4.39 Å². The lowest BCUT2D eigenvalue weighted by Gasteiger charge is -2.08. The van der Waals surface area contributed by atoms with E-state index in [1.807, 2.05) is 0 Å². The largest absolute Gasteiger partial charge is 0.466 e. The van der Waals surface area contributed by atoms with Gasteiger partial charge >= 0.3 is 5.97 Å². The van der Waals surface area contributed by atoms with Gasteiger partial charge in [0.1, 0.15) is 6.42 Å². The number of amides is 1. The van der Waals surface area contributed by atoms with Crippen LogP contribution in [0.2, 0.25) is 10.0 Å². The van der Waals surface area contributed by atoms with Crippen molar-refractivity contribution in [3.05, 3.63) is 63.4 Å². The van der Waals surface area contributed by atoms with E-state index in [4.69, 9.17) is 23.2 Å². The number of esters is 1. The van der Waals surface area contributed by atoms with Crippen molar-refractivity contribution in [3.8, 4) is 11.8 Å². The van der Waals surface area contributed by atoms with Crippen molar-refractivity contribution in [2.75, 3.05) is 11.9 Å². The molecule has 0 spiro atoms. The van der Waals surface area contributed by atoms with Crippen LogP contribution >= 0.6 is 23.2 Å². The van der Waals surface area contributed by atoms with Gasteiger partial charge in [-0.2, -0.15) is 0 Å². The smallest absolute Gasteiger partial charge is 0.315 e. The van der Waals surface area contributed by atoms with E-state index in [9.17, 15) is 14.0 Å². The minimum Gasteiger partial charge on any atom is -0.466 e. The summed E-state index contributed by atoms with van der Waals surface area (Å²) in [6.45, 7) is 1.78. The molecule has 2 rings (SSSR count). The van der Waals surface area contributed by atoms with E-state index < -0.39 is 24.1 Å². The molecule has 134 valence electrons. The van der Waals surface area contributed by atoms with Crippen LogP contribution < -0.4 is 5.32 Å². The van der Waals surface area contributed by atoms with Crippen molar-refractivity contribution in [2.45, 2.75) is 13.3 Å². The Hall–Kier alpha value is -2.55. The Morgan fingerprint density at radius 3 is 2.54 bits per heavy atom. The summed E-state index contributed by atoms with van der Waals surface area (Å²) in [5, 5.41) is 2.82. The van der Waals surface area contributed by atoms with Crippen LogP contribution in [0.15, 0.2) is 36.4 Å². The maximum Gasteiger partial charge on any atom is 0.315 e. The minimum absolute atomic E-state index is 0.0829. The summed E-state index contributed by atoms with van der Waals surface area (Å²) in [5.41, 5.74) is 0.300. The van der Waals surface area contributed by atoms with Gasteiger partial charge < -0.3 is 10.1 Å². The highest BCUT2D eigenvalue weighted by Crippen LogP contribution is 2.25. The number of nitrogens with one attached hydrogen (secondary N) is 1. The van der Waals surface area contributed by atoms with E-state index >= 15 is 0 Å². The molecule has 7 heteroatoms. The molecule has 0 fully saturated rings. The molecule has 0 aliphatic heterocycles. The van der Waals surface area contributed by atoms with Gasteiger partial charge in [0.15, 0.2) is 5.82 Å². The Bertz CT molecular complexity index is 903. The fourth-order valence-corrected chi connectivity index (χ4v) is 2.37. The first-order valence-electron chi connectivity index (χ1n) is 7.62. The van der Waals surface area contributed by atoms with Gasteiger partial charge in [-0.15, -0.1) is 0 Å². The maximum atomic E-state index is 14.6. The first-order chi connectivity index (χ1) is 12.4. The highest BCUT2D eigenvalue weighted by atomic mass is 35.5. The zero-order chi connectivity index (χ0) is 19.1. The molecule has 0 aromatic heterocycles. The molecule has 0 aliphatic rings. The second kappa shape index (κ2) is 9.23. The average molecular weight is 394 g/mol. The van der Waals surface area contributed by atoms with Crippen LogP contribution in [-0.4, -0.2) is 18.5 Å². The molecular formula is C19H14Cl2FNO3. The van der Waals surface area contributed by atoms with Gasteiger partial charge in [0, 0.05) is 5.56 Å². The molecule has 2 aromatic carbocycles. The van der Waals surface area contributed by atoms with E-state index in [2.05, 4.69) is 21.9 Å². The second-order valence-corrected chi connectivity index (χ2v) is 5.86. The Kier molecular flexibility index (Phi) is 7.02. The van der Waals surface area contributed by atoms with Crippen LogP contribution in [0, 0.1) is 17.7 Å². The lowest BCUT2D eigenvalue weighted by atomic mass is 10.1. The van der Waals surface area contributed by atoms with Crippen molar-refractivity contribution in [3.63, 3.8) is 0 Å². The zero-order valence-electron chi connectivity index (χ0n) is 13.7. The first-order valence-corrected chi connectivity index (χ1v) is 8.38. The molecule has 26 heavy (non-hydrogen) atoms. The number of carbonyl (C=O) groups is 2. The second-order valence-electron chi connectivity index (χ2n) is 5.04. The number of halogens is 3. The number of rotatable bonds is 4. The topological polar surface area (TPSA) is 55.4 Å². The molecule has 0 heterocycles. The normalized spacial score (nSPS) is 9.85. The minimum atomic E-state index is -0.797. The average Bonchev–Trinajstić information content (AvgIpc) is 2.59. The summed E-state index contributed by atoms with van der Waals surface area (Å²) in [6.07, 6.45) is -0.517. The van der Waals surface area contributed by atoms with Crippen LogP contribution in [0.25, 0.3) is 0 Å². The summed E-state index contributed by atoms with van der Waals surface area (Å²) in [5.74, 6) is 3.18. The predicted octanol–water partition coefficient (Wildman–Crippen LogP) is 4.42. The molecular weight excluding hydrogens is 380 g/mol. The van der Waals surface area contributed by atoms with Gasteiger partial charge in [0.05, 0.1) is 27.9 Å². The Labute approximate surface area is 160 Å². The van der Waals surface area contributed by atoms with E-state index in [0.717, 1.165) is 0 Å². The van der Waals surface area contributed by atoms with Gasteiger partial charge in [-0.05, 0) is 31.2 Å². The van der Waals surface area contributed by atoms with Crippen molar-refractivity contribution in [1.29, 1.82) is 0 Å². The lowest BCUT2D eigenvalue weighted by molar-refractivity contribution is -0.145. The van der Waals surface area contributed by atoms with Crippen molar-refractivity contribution < 1.29 is 18.7 Å². The van der Waals surface area contributed by atoms with Gasteiger partial charge in [0.2, 0.25) is 5.91 Å². The summed E-state index contributed by atoms with van der Waals surface area (Å²) in [4.78, 5) is 23.1. The maximum absolute atomic E-state index is 14.6. The predicted molar refractivity (Wildman–Crippen MR) is 98.7 cm³/mol. The van der Waals surface area contributed by atoms with Crippen molar-refractivity contribution >= 4 is 40.8 Å². The van der Waals surface area contributed by atoms with Crippen molar-refractivity contribution in [2.24, 2.45) is 0 Å². The summed E-state index contributed by atoms with van der Waals surface area (Å²) in [7, 11) is 0. The molecule has 0 aliphatic carbocycles. The third-order valence-electron chi connectivity index (χ3n) is 3.17. The fraction of sp³-hybridized carbons (Fsp3) is 0.158. The monoisotopic (exact) mass is 393 g/mol. The number of benzene rings is 2. The third-order valence-corrected chi connectivity index (χ3v) is 3.82. The summed E-state index contributed by atoms with van der Waals surface area (Å²) >= 11 is 12.0. The van der Waals surface area contributed by atoms with Gasteiger partial charge in [-0.1, -0.05) is 47.2 Å². The van der Waals surface area contributed by atoms with Crippen LogP contribution in [0.3, 0.4) is 0 Å². The summed E-state index contributed by atoms with van der Waals surface area (Å²) < 4.78 is 19.3. The molecule has 0 saturated heterocycles. The number of anilines is 1. The number of hydrogen-bond acceptors (Lipinski definition) is 3. The van der Waals surface area contributed by atoms with Crippen LogP contribution in [0.1, 0.15) is 24.5 Å². The standard InChI is InChI=1S/C19H14Cl2FNO3/c1-2-26-18(25)11-17(24)23-16-10-9-15(21)13(19(16)22)8-7-12-5-3-4-6-14(12)20/h3-6,9-10H,2,11H2,1H3,(H,23,24). The molecule has 0 bridgehead atoms. The lowest BCUT2D eigenvalue weighted by Crippen LogP contribution is -2.19. The molecule has 1 N–H and O–H groups in total. The molecule has 4 nitrogen and oxygen atoms in total. The Morgan fingerprint density at radius 1 is 1.12 bits per heavy atom. The van der Waals surface area contributed by atoms with E-state index in [-0.39, 0.29) is 22.9 Å². The van der Waals surface area contributed by atoms with E-state index in [1.165, 1.54) is 12.1 Å². The number of hydrogen-bond donors (Lipinski definition) is 1. The van der Waals surface area contributed by atoms with Crippen LogP contribution in [-0.2, 0) is 14.3 Å². The van der Waals surface area contributed by atoms with Gasteiger partial charge in [-0.3, -0.25) is 9.59 Å². The molecule has 0 unspecified atom stereocenters. The van der Waals surface area contributed by atoms with Crippen LogP contribution in [0.4, 0.5) is 10.1 Å². The van der Waals surface area contributed by atoms with Crippen LogP contribution in [0.5, 0.6) is 0 Å². The number of carbonyl (C=O) groups excluding carboxylic acids is 2. The van der Waals surface area contributed by atoms with E-state index in [0.29, 0.717) is 10.6 Å². The number of ether oxygens (including phenoxy) is 1. The van der Waals surface area contributed by atoms with Crippen molar-refractivity contribution in [1.82, 2.24) is 0 Å². The molecule has 2 aromatic rings. The third kappa shape index (κ3) is 5.22. The fourth-order valence-electron chi connectivity index (χ4n) is 1.99. The summed E-state index contributed by atoms with van der Waals surface area (Å²) in [6, 6.07) is 9.55.